The molecule has 0 saturated carbocycles. The highest BCUT2D eigenvalue weighted by molar-refractivity contribution is 5.90. The summed E-state index contributed by atoms with van der Waals surface area (Å²) in [6.07, 6.45) is 1.49. The summed E-state index contributed by atoms with van der Waals surface area (Å²) in [5, 5.41) is 6.09. The van der Waals surface area contributed by atoms with Gasteiger partial charge in [-0.05, 0) is 50.3 Å². The Morgan fingerprint density at radius 2 is 1.56 bits per heavy atom. The van der Waals surface area contributed by atoms with E-state index in [1.807, 2.05) is 88.8 Å². The molecule has 4 amide bonds. The second-order valence-corrected chi connectivity index (χ2v) is 15.1. The molecule has 1 heterocycles. The van der Waals surface area contributed by atoms with E-state index in [4.69, 9.17) is 9.47 Å². The van der Waals surface area contributed by atoms with Crippen molar-refractivity contribution < 1.29 is 28.7 Å². The molecule has 11 nitrogen and oxygen atoms in total. The van der Waals surface area contributed by atoms with Gasteiger partial charge in [0.15, 0.2) is 0 Å². The molecule has 0 aromatic heterocycles. The van der Waals surface area contributed by atoms with Gasteiger partial charge in [-0.2, -0.15) is 0 Å². The normalized spacial score (nSPS) is 19.1. The summed E-state index contributed by atoms with van der Waals surface area (Å²) in [4.78, 5) is 59.8. The number of benzene rings is 1. The average molecular weight is 702 g/mol. The van der Waals surface area contributed by atoms with Gasteiger partial charge in [0.25, 0.3) is 0 Å². The summed E-state index contributed by atoms with van der Waals surface area (Å²) in [6, 6.07) is 8.56. The third-order valence-corrected chi connectivity index (χ3v) is 10.5. The van der Waals surface area contributed by atoms with Crippen molar-refractivity contribution in [1.29, 1.82) is 0 Å². The number of rotatable bonds is 20. The van der Waals surface area contributed by atoms with Crippen LogP contribution in [0.5, 0.6) is 0 Å². The fraction of sp³-hybridized carbons (Fsp3) is 0.744. The van der Waals surface area contributed by atoms with Gasteiger partial charge in [-0.3, -0.25) is 24.1 Å². The maximum Gasteiger partial charge on any atom is 0.245 e. The lowest BCUT2D eigenvalue weighted by atomic mass is 9.89. The van der Waals surface area contributed by atoms with E-state index in [1.165, 1.54) is 5.56 Å². The third-order valence-electron chi connectivity index (χ3n) is 10.5. The molecule has 0 unspecified atom stereocenters. The summed E-state index contributed by atoms with van der Waals surface area (Å²) < 4.78 is 11.8. The first-order chi connectivity index (χ1) is 23.6. The zero-order valence-electron chi connectivity index (χ0n) is 32.9. The highest BCUT2D eigenvalue weighted by Crippen LogP contribution is 2.29. The van der Waals surface area contributed by atoms with E-state index in [-0.39, 0.29) is 77.8 Å². The SMILES string of the molecule is CC[C@@H](C)[C@H]([C@@H](CC(=O)N1CC[C@@H]([C@H](OC)[C@@H](C)C(=O)NCCc2ccccc2)C1)OC)N(C)C(=O)[C@@H](NC(=O)[C@H](C(C)C)N(C)C)C(C)C. The van der Waals surface area contributed by atoms with Gasteiger partial charge in [-0.15, -0.1) is 0 Å². The van der Waals surface area contributed by atoms with Crippen molar-refractivity contribution >= 4 is 23.6 Å². The maximum absolute atomic E-state index is 14.1. The minimum atomic E-state index is -0.726. The highest BCUT2D eigenvalue weighted by atomic mass is 16.5. The topological polar surface area (TPSA) is 121 Å². The van der Waals surface area contributed by atoms with Crippen molar-refractivity contribution in [1.82, 2.24) is 25.3 Å². The van der Waals surface area contributed by atoms with Crippen LogP contribution >= 0.6 is 0 Å². The largest absolute Gasteiger partial charge is 0.380 e. The molecule has 284 valence electrons. The molecule has 2 rings (SSSR count). The molecule has 0 spiro atoms. The van der Waals surface area contributed by atoms with Gasteiger partial charge in [0.1, 0.15) is 6.04 Å². The van der Waals surface area contributed by atoms with Crippen LogP contribution in [0.4, 0.5) is 0 Å². The molecule has 1 aliphatic rings. The Morgan fingerprint density at radius 3 is 2.08 bits per heavy atom. The first-order valence-electron chi connectivity index (χ1n) is 18.5. The van der Waals surface area contributed by atoms with Gasteiger partial charge in [-0.1, -0.05) is 85.2 Å². The lowest BCUT2D eigenvalue weighted by molar-refractivity contribution is -0.146. The van der Waals surface area contributed by atoms with E-state index in [0.717, 1.165) is 19.3 Å². The smallest absolute Gasteiger partial charge is 0.245 e. The number of ether oxygens (including phenoxy) is 2. The number of likely N-dealkylation sites (tertiary alicyclic amines) is 1. The molecule has 50 heavy (non-hydrogen) atoms. The van der Waals surface area contributed by atoms with Crippen molar-refractivity contribution in [3.8, 4) is 0 Å². The molecule has 1 fully saturated rings. The van der Waals surface area contributed by atoms with Gasteiger partial charge in [0, 0.05) is 46.8 Å². The number of hydrogen-bond donors (Lipinski definition) is 2. The number of hydrogen-bond acceptors (Lipinski definition) is 7. The molecule has 1 aromatic rings. The fourth-order valence-corrected chi connectivity index (χ4v) is 7.51. The van der Waals surface area contributed by atoms with Gasteiger partial charge < -0.3 is 29.9 Å². The number of carbonyl (C=O) groups is 4. The molecular weight excluding hydrogens is 634 g/mol. The van der Waals surface area contributed by atoms with E-state index in [2.05, 4.69) is 24.5 Å². The summed E-state index contributed by atoms with van der Waals surface area (Å²) >= 11 is 0. The predicted molar refractivity (Wildman–Crippen MR) is 198 cm³/mol. The number of nitrogens with zero attached hydrogens (tertiary/aromatic N) is 3. The maximum atomic E-state index is 14.1. The molecule has 2 N–H and O–H groups in total. The zero-order chi connectivity index (χ0) is 37.7. The number of methoxy groups -OCH3 is 2. The standard InChI is InChI=1S/C39H67N5O6/c1-13-27(6)35(43(10)39(48)33(25(2)3)41-38(47)34(26(4)5)42(8)9)31(49-11)23-32(45)44-22-20-30(24-44)36(50-12)28(7)37(46)40-21-19-29-17-15-14-16-18-29/h14-18,25-28,30-31,33-36H,13,19-24H2,1-12H3,(H,40,46)(H,41,47)/t27-,28-,30-,31-,33+,34+,35-,36-/m1/s1. The lowest BCUT2D eigenvalue weighted by Gasteiger charge is -2.40. The number of carbonyl (C=O) groups excluding carboxylic acids is 4. The van der Waals surface area contributed by atoms with Crippen LogP contribution in [0.15, 0.2) is 30.3 Å². The van der Waals surface area contributed by atoms with Gasteiger partial charge in [0.2, 0.25) is 23.6 Å². The Bertz CT molecular complexity index is 1200. The molecule has 0 radical (unpaired) electrons. The van der Waals surface area contributed by atoms with Gasteiger partial charge in [0.05, 0.1) is 36.6 Å². The van der Waals surface area contributed by atoms with Crippen molar-refractivity contribution in [2.45, 2.75) is 104 Å². The van der Waals surface area contributed by atoms with Crippen molar-refractivity contribution in [3.05, 3.63) is 35.9 Å². The van der Waals surface area contributed by atoms with Crippen molar-refractivity contribution in [2.75, 3.05) is 55.0 Å². The van der Waals surface area contributed by atoms with E-state index >= 15 is 0 Å². The first kappa shape index (κ1) is 43.1. The number of nitrogens with one attached hydrogen (secondary N) is 2. The Kier molecular flexibility index (Phi) is 17.9. The zero-order valence-corrected chi connectivity index (χ0v) is 32.9. The van der Waals surface area contributed by atoms with E-state index < -0.39 is 12.1 Å². The molecule has 1 aliphatic heterocycles. The highest BCUT2D eigenvalue weighted by Gasteiger charge is 2.41. The Hall–Kier alpha value is -3.02. The predicted octanol–water partition coefficient (Wildman–Crippen LogP) is 3.85. The van der Waals surface area contributed by atoms with Gasteiger partial charge in [-0.25, -0.2) is 0 Å². The molecule has 0 bridgehead atoms. The molecule has 0 aliphatic carbocycles. The summed E-state index contributed by atoms with van der Waals surface area (Å²) in [6.45, 7) is 15.5. The third kappa shape index (κ3) is 11.8. The van der Waals surface area contributed by atoms with E-state index in [0.29, 0.717) is 19.6 Å². The minimum Gasteiger partial charge on any atom is -0.380 e. The van der Waals surface area contributed by atoms with Crippen LogP contribution in [-0.2, 0) is 35.1 Å². The lowest BCUT2D eigenvalue weighted by Crippen LogP contribution is -2.59. The second-order valence-electron chi connectivity index (χ2n) is 15.1. The van der Waals surface area contributed by atoms with Gasteiger partial charge >= 0.3 is 0 Å². The summed E-state index contributed by atoms with van der Waals surface area (Å²) in [5.41, 5.74) is 1.17. The molecule has 1 aromatic carbocycles. The Labute approximate surface area is 302 Å². The average Bonchev–Trinajstić information content (AvgIpc) is 3.56. The van der Waals surface area contributed by atoms with Crippen LogP contribution in [0.1, 0.15) is 73.3 Å². The van der Waals surface area contributed by atoms with Crippen LogP contribution in [0.2, 0.25) is 0 Å². The van der Waals surface area contributed by atoms with Crippen LogP contribution in [0.25, 0.3) is 0 Å². The summed E-state index contributed by atoms with van der Waals surface area (Å²) in [7, 11) is 8.70. The number of amides is 4. The molecular formula is C39H67N5O6. The van der Waals surface area contributed by atoms with Crippen LogP contribution in [0.3, 0.4) is 0 Å². The second kappa shape index (κ2) is 20.7. The van der Waals surface area contributed by atoms with E-state index in [9.17, 15) is 19.2 Å². The monoisotopic (exact) mass is 702 g/mol. The number of likely N-dealkylation sites (N-methyl/N-ethyl adjacent to an activating group) is 2. The van der Waals surface area contributed by atoms with Crippen molar-refractivity contribution in [2.24, 2.45) is 29.6 Å². The van der Waals surface area contributed by atoms with Crippen molar-refractivity contribution in [3.63, 3.8) is 0 Å². The molecule has 11 heteroatoms. The molecule has 1 saturated heterocycles. The summed E-state index contributed by atoms with van der Waals surface area (Å²) in [5.74, 6) is -0.899. The van der Waals surface area contributed by atoms with Crippen LogP contribution < -0.4 is 10.6 Å². The molecule has 8 atom stereocenters. The first-order valence-corrected chi connectivity index (χ1v) is 18.5. The quantitative estimate of drug-likeness (QED) is 0.212. The minimum absolute atomic E-state index is 0.0154. The van der Waals surface area contributed by atoms with Crippen LogP contribution in [-0.4, -0.2) is 124 Å². The van der Waals surface area contributed by atoms with E-state index in [1.54, 1.807) is 26.2 Å². The van der Waals surface area contributed by atoms with Crippen LogP contribution in [0, 0.1) is 29.6 Å². The fourth-order valence-electron chi connectivity index (χ4n) is 7.51. The Morgan fingerprint density at radius 1 is 0.920 bits per heavy atom. The Balaban J connectivity index is 2.11.